The number of amides is 2. The van der Waals surface area contributed by atoms with Crippen LogP contribution in [0.15, 0.2) is 72.8 Å². The fraction of sp³-hybridized carbons (Fsp3) is 0.150. The van der Waals surface area contributed by atoms with Gasteiger partial charge in [-0.25, -0.2) is 0 Å². The molecule has 0 heterocycles. The van der Waals surface area contributed by atoms with E-state index in [1.807, 2.05) is 13.8 Å². The Hall–Kier alpha value is -5.84. The summed E-state index contributed by atoms with van der Waals surface area (Å²) in [6, 6.07) is 18.0. The number of halogens is 2. The maximum atomic E-state index is 14.9. The molecule has 6 aromatic carbocycles. The average molecular weight is 742 g/mol. The Morgan fingerprint density at radius 1 is 0.577 bits per heavy atom. The van der Waals surface area contributed by atoms with Gasteiger partial charge in [-0.3, -0.25) is 9.59 Å². The summed E-state index contributed by atoms with van der Waals surface area (Å²) in [6.07, 6.45) is 0. The normalized spacial score (nSPS) is 12.6. The van der Waals surface area contributed by atoms with E-state index < -0.39 is 64.0 Å². The third kappa shape index (κ3) is 5.89. The molecule has 0 spiro atoms. The van der Waals surface area contributed by atoms with E-state index in [2.05, 4.69) is 0 Å². The second kappa shape index (κ2) is 13.4. The Labute approximate surface area is 308 Å². The van der Waals surface area contributed by atoms with Crippen molar-refractivity contribution in [1.82, 2.24) is 4.90 Å². The number of carbonyl (C=O) groups is 2. The number of phenolic OH excluding ortho intramolecular Hbond substituents is 5. The zero-order valence-corrected chi connectivity index (χ0v) is 29.9. The molecule has 0 radical (unpaired) electrons. The molecule has 2 amide bonds. The lowest BCUT2D eigenvalue weighted by atomic mass is 9.87. The van der Waals surface area contributed by atoms with Gasteiger partial charge in [-0.1, -0.05) is 47.5 Å². The first-order valence-corrected chi connectivity index (χ1v) is 16.8. The van der Waals surface area contributed by atoms with Gasteiger partial charge in [0, 0.05) is 42.7 Å². The van der Waals surface area contributed by atoms with E-state index in [4.69, 9.17) is 28.9 Å². The average Bonchev–Trinajstić information content (AvgIpc) is 3.08. The summed E-state index contributed by atoms with van der Waals surface area (Å²) in [5.41, 5.74) is 7.25. The maximum absolute atomic E-state index is 14.9. The van der Waals surface area contributed by atoms with E-state index in [0.717, 1.165) is 23.3 Å². The SMILES string of the molecule is Cc1cc2c(C(N)=O)c(O)c(O)cc2c(O)c1-c1c(C)cc2c(C(=O)N(C(C)c3ccc(Cl)cc3)C(C)c3ccc(Cl)cc3)c(O)c(O)cc2c1O. The first-order chi connectivity index (χ1) is 24.5. The van der Waals surface area contributed by atoms with Crippen molar-refractivity contribution in [3.63, 3.8) is 0 Å². The minimum absolute atomic E-state index is 0.0113. The summed E-state index contributed by atoms with van der Waals surface area (Å²) in [7, 11) is 0. The Morgan fingerprint density at radius 2 is 0.942 bits per heavy atom. The standard InChI is InChI=1S/C40H34Cl2N2O8/c1-17-13-25-27(15-29(45)37(49)33(25)39(43)51)35(47)31(17)32-18(2)14-26-28(36(32)48)16-30(46)38(50)34(26)40(52)44(19(3)21-5-9-23(41)10-6-21)20(4)22-7-11-24(42)12-8-22/h5-16,19-20,45-50H,1-4H3,(H2,43,51). The molecule has 0 aliphatic heterocycles. The molecule has 0 aromatic heterocycles. The van der Waals surface area contributed by atoms with Crippen molar-refractivity contribution >= 4 is 56.6 Å². The molecule has 2 atom stereocenters. The van der Waals surface area contributed by atoms with E-state index in [1.54, 1.807) is 73.3 Å². The first kappa shape index (κ1) is 36.0. The molecule has 8 N–H and O–H groups in total. The molecule has 266 valence electrons. The van der Waals surface area contributed by atoms with Crippen LogP contribution in [0.5, 0.6) is 34.5 Å². The minimum atomic E-state index is -1.04. The number of carbonyl (C=O) groups excluding carboxylic acids is 2. The molecule has 0 bridgehead atoms. The van der Waals surface area contributed by atoms with Gasteiger partial charge in [0.05, 0.1) is 23.2 Å². The van der Waals surface area contributed by atoms with E-state index in [-0.39, 0.29) is 38.2 Å². The molecule has 0 saturated heterocycles. The number of primary amides is 1. The third-order valence-electron chi connectivity index (χ3n) is 9.62. The zero-order chi connectivity index (χ0) is 37.9. The van der Waals surface area contributed by atoms with Crippen LogP contribution in [-0.2, 0) is 0 Å². The Bertz CT molecular complexity index is 2400. The van der Waals surface area contributed by atoms with Crippen LogP contribution >= 0.6 is 23.2 Å². The molecule has 2 unspecified atom stereocenters. The smallest absolute Gasteiger partial charge is 0.259 e. The molecule has 10 nitrogen and oxygen atoms in total. The number of nitrogens with zero attached hydrogens (tertiary/aromatic N) is 1. The van der Waals surface area contributed by atoms with Crippen molar-refractivity contribution in [2.24, 2.45) is 5.73 Å². The van der Waals surface area contributed by atoms with Crippen molar-refractivity contribution in [2.45, 2.75) is 39.8 Å². The fourth-order valence-electron chi connectivity index (χ4n) is 6.98. The number of fused-ring (bicyclic) bond motifs is 2. The van der Waals surface area contributed by atoms with Crippen LogP contribution in [0.1, 0.15) is 68.9 Å². The summed E-state index contributed by atoms with van der Waals surface area (Å²) in [6.45, 7) is 6.87. The topological polar surface area (TPSA) is 185 Å². The summed E-state index contributed by atoms with van der Waals surface area (Å²) in [5, 5.41) is 67.8. The summed E-state index contributed by atoms with van der Waals surface area (Å²) in [5.74, 6) is -5.37. The lowest BCUT2D eigenvalue weighted by Gasteiger charge is -2.36. The van der Waals surface area contributed by atoms with Crippen LogP contribution in [-0.4, -0.2) is 47.4 Å². The van der Waals surface area contributed by atoms with Crippen LogP contribution in [0.3, 0.4) is 0 Å². The van der Waals surface area contributed by atoms with Gasteiger partial charge in [-0.15, -0.1) is 0 Å². The van der Waals surface area contributed by atoms with Crippen molar-refractivity contribution in [2.75, 3.05) is 0 Å². The Morgan fingerprint density at radius 3 is 1.33 bits per heavy atom. The maximum Gasteiger partial charge on any atom is 0.259 e. The number of hydrogen-bond donors (Lipinski definition) is 7. The number of benzene rings is 6. The largest absolute Gasteiger partial charge is 0.507 e. The number of aryl methyl sites for hydroxylation is 2. The van der Waals surface area contributed by atoms with Gasteiger partial charge in [0.1, 0.15) is 11.5 Å². The molecule has 0 fully saturated rings. The van der Waals surface area contributed by atoms with Crippen molar-refractivity contribution in [3.05, 3.63) is 116 Å². The monoisotopic (exact) mass is 740 g/mol. The second-order valence-corrected chi connectivity index (χ2v) is 13.7. The quantitative estimate of drug-likeness (QED) is 0.0791. The van der Waals surface area contributed by atoms with E-state index in [0.29, 0.717) is 21.2 Å². The van der Waals surface area contributed by atoms with Crippen LogP contribution in [0, 0.1) is 13.8 Å². The predicted octanol–water partition coefficient (Wildman–Crippen LogP) is 8.88. The van der Waals surface area contributed by atoms with E-state index in [1.165, 1.54) is 6.07 Å². The number of hydrogen-bond acceptors (Lipinski definition) is 8. The van der Waals surface area contributed by atoms with Crippen molar-refractivity contribution in [1.29, 1.82) is 0 Å². The summed E-state index contributed by atoms with van der Waals surface area (Å²) in [4.78, 5) is 28.7. The molecular formula is C40H34Cl2N2O8. The van der Waals surface area contributed by atoms with E-state index >= 15 is 0 Å². The predicted molar refractivity (Wildman–Crippen MR) is 201 cm³/mol. The molecule has 6 aromatic rings. The van der Waals surface area contributed by atoms with Gasteiger partial charge in [-0.05, 0) is 98.5 Å². The van der Waals surface area contributed by atoms with Crippen molar-refractivity contribution in [3.8, 4) is 45.6 Å². The molecule has 52 heavy (non-hydrogen) atoms. The molecule has 12 heteroatoms. The minimum Gasteiger partial charge on any atom is -0.507 e. The van der Waals surface area contributed by atoms with Gasteiger partial charge in [-0.2, -0.15) is 0 Å². The summed E-state index contributed by atoms with van der Waals surface area (Å²) < 4.78 is 0. The number of aromatic hydroxyl groups is 6. The van der Waals surface area contributed by atoms with Gasteiger partial charge in [0.15, 0.2) is 23.0 Å². The Balaban J connectivity index is 1.59. The molecule has 0 saturated carbocycles. The van der Waals surface area contributed by atoms with Gasteiger partial charge in [0.2, 0.25) is 0 Å². The highest BCUT2D eigenvalue weighted by atomic mass is 35.5. The lowest BCUT2D eigenvalue weighted by Crippen LogP contribution is -2.36. The zero-order valence-electron chi connectivity index (χ0n) is 28.4. The van der Waals surface area contributed by atoms with Crippen LogP contribution < -0.4 is 5.73 Å². The van der Waals surface area contributed by atoms with Gasteiger partial charge < -0.3 is 41.3 Å². The Kier molecular flexibility index (Phi) is 9.25. The molecule has 0 aliphatic carbocycles. The molecular weight excluding hydrogens is 707 g/mol. The highest BCUT2D eigenvalue weighted by molar-refractivity contribution is 6.30. The molecule has 0 aliphatic rings. The highest BCUT2D eigenvalue weighted by Crippen LogP contribution is 2.51. The van der Waals surface area contributed by atoms with Crippen LogP contribution in [0.25, 0.3) is 32.7 Å². The number of nitrogens with two attached hydrogens (primary N) is 1. The number of rotatable bonds is 7. The first-order valence-electron chi connectivity index (χ1n) is 16.1. The van der Waals surface area contributed by atoms with E-state index in [9.17, 15) is 40.2 Å². The van der Waals surface area contributed by atoms with Crippen LogP contribution in [0.2, 0.25) is 10.0 Å². The number of phenols is 6. The highest BCUT2D eigenvalue weighted by Gasteiger charge is 2.34. The third-order valence-corrected chi connectivity index (χ3v) is 10.1. The fourth-order valence-corrected chi connectivity index (χ4v) is 7.23. The van der Waals surface area contributed by atoms with Gasteiger partial charge in [0.25, 0.3) is 11.8 Å². The molecule has 6 rings (SSSR count). The van der Waals surface area contributed by atoms with Crippen LogP contribution in [0.4, 0.5) is 0 Å². The lowest BCUT2D eigenvalue weighted by molar-refractivity contribution is 0.0602. The van der Waals surface area contributed by atoms with Crippen molar-refractivity contribution < 1.29 is 40.2 Å². The second-order valence-electron chi connectivity index (χ2n) is 12.8. The summed E-state index contributed by atoms with van der Waals surface area (Å²) >= 11 is 12.3. The van der Waals surface area contributed by atoms with Gasteiger partial charge >= 0.3 is 0 Å².